The van der Waals surface area contributed by atoms with E-state index < -0.39 is 0 Å². The van der Waals surface area contributed by atoms with Crippen LogP contribution >= 0.6 is 0 Å². The number of para-hydroxylation sites is 1. The van der Waals surface area contributed by atoms with Crippen molar-refractivity contribution < 1.29 is 15.0 Å². The number of carbonyl (C=O) groups is 1. The van der Waals surface area contributed by atoms with Crippen LogP contribution in [0.25, 0.3) is 0 Å². The molecule has 0 heterocycles. The number of hydrogen-bond donors (Lipinski definition) is 4. The van der Waals surface area contributed by atoms with E-state index in [1.807, 2.05) is 18.2 Å². The summed E-state index contributed by atoms with van der Waals surface area (Å²) >= 11 is 0. The quantitative estimate of drug-likeness (QED) is 0.497. The number of nitrogens with two attached hydrogens (primary N) is 1. The van der Waals surface area contributed by atoms with E-state index in [1.165, 1.54) is 18.2 Å². The van der Waals surface area contributed by atoms with Gasteiger partial charge in [0.25, 0.3) is 5.91 Å². The maximum atomic E-state index is 11.8. The highest BCUT2D eigenvalue weighted by atomic mass is 16.3. The molecule has 0 aliphatic carbocycles. The summed E-state index contributed by atoms with van der Waals surface area (Å²) in [5.74, 6) is -0.936. The molecule has 0 bridgehead atoms. The van der Waals surface area contributed by atoms with Gasteiger partial charge in [0.15, 0.2) is 11.5 Å². The van der Waals surface area contributed by atoms with Crippen LogP contribution in [0, 0.1) is 0 Å². The van der Waals surface area contributed by atoms with E-state index in [0.29, 0.717) is 12.2 Å². The lowest BCUT2D eigenvalue weighted by Crippen LogP contribution is -2.23. The molecule has 0 aromatic heterocycles. The second-order valence-corrected chi connectivity index (χ2v) is 4.08. The Labute approximate surface area is 110 Å². The second kappa shape index (κ2) is 5.30. The van der Waals surface area contributed by atoms with Gasteiger partial charge in [-0.15, -0.1) is 0 Å². The van der Waals surface area contributed by atoms with E-state index >= 15 is 0 Å². The standard InChI is InChI=1S/C14H14N2O3/c15-11-4-2-1-3-10(11)8-16-14(19)9-5-6-12(17)13(18)7-9/h1-7,17-18H,8,15H2,(H,16,19). The maximum absolute atomic E-state index is 11.8. The number of aromatic hydroxyl groups is 2. The van der Waals surface area contributed by atoms with Crippen molar-refractivity contribution in [3.63, 3.8) is 0 Å². The number of nitrogen functional groups attached to an aromatic ring is 1. The van der Waals surface area contributed by atoms with Crippen molar-refractivity contribution in [2.45, 2.75) is 6.54 Å². The van der Waals surface area contributed by atoms with Gasteiger partial charge in [-0.1, -0.05) is 18.2 Å². The zero-order chi connectivity index (χ0) is 13.8. The highest BCUT2D eigenvalue weighted by Crippen LogP contribution is 2.24. The van der Waals surface area contributed by atoms with Crippen LogP contribution < -0.4 is 11.1 Å². The Hall–Kier alpha value is -2.69. The molecule has 5 nitrogen and oxygen atoms in total. The van der Waals surface area contributed by atoms with Gasteiger partial charge >= 0.3 is 0 Å². The SMILES string of the molecule is Nc1ccccc1CNC(=O)c1ccc(O)c(O)c1. The van der Waals surface area contributed by atoms with Crippen molar-refractivity contribution >= 4 is 11.6 Å². The molecule has 0 aliphatic rings. The van der Waals surface area contributed by atoms with E-state index in [4.69, 9.17) is 5.73 Å². The fourth-order valence-corrected chi connectivity index (χ4v) is 1.64. The Bertz CT molecular complexity index is 611. The lowest BCUT2D eigenvalue weighted by atomic mass is 10.1. The Kier molecular flexibility index (Phi) is 3.56. The number of phenols is 2. The smallest absolute Gasteiger partial charge is 0.251 e. The third-order valence-electron chi connectivity index (χ3n) is 2.73. The minimum Gasteiger partial charge on any atom is -0.504 e. The average molecular weight is 258 g/mol. The van der Waals surface area contributed by atoms with Gasteiger partial charge in [-0.05, 0) is 29.8 Å². The summed E-state index contributed by atoms with van der Waals surface area (Å²) in [6.07, 6.45) is 0. The molecule has 0 atom stereocenters. The summed E-state index contributed by atoms with van der Waals surface area (Å²) in [7, 11) is 0. The van der Waals surface area contributed by atoms with E-state index in [2.05, 4.69) is 5.32 Å². The second-order valence-electron chi connectivity index (χ2n) is 4.08. The van der Waals surface area contributed by atoms with Crippen LogP contribution in [-0.2, 0) is 6.54 Å². The first-order valence-corrected chi connectivity index (χ1v) is 5.71. The molecule has 19 heavy (non-hydrogen) atoms. The monoisotopic (exact) mass is 258 g/mol. The largest absolute Gasteiger partial charge is 0.504 e. The van der Waals surface area contributed by atoms with Gasteiger partial charge in [-0.3, -0.25) is 4.79 Å². The first-order chi connectivity index (χ1) is 9.08. The lowest BCUT2D eigenvalue weighted by Gasteiger charge is -2.08. The summed E-state index contributed by atoms with van der Waals surface area (Å²) in [6.45, 7) is 0.299. The van der Waals surface area contributed by atoms with Gasteiger partial charge in [0.05, 0.1) is 0 Å². The molecular formula is C14H14N2O3. The fourth-order valence-electron chi connectivity index (χ4n) is 1.64. The summed E-state index contributed by atoms with van der Waals surface area (Å²) in [4.78, 5) is 11.8. The van der Waals surface area contributed by atoms with Gasteiger partial charge in [0.2, 0.25) is 0 Å². The molecule has 0 radical (unpaired) electrons. The molecule has 0 saturated carbocycles. The number of phenolic OH excluding ortho intramolecular Hbond substituents is 2. The summed E-state index contributed by atoms with van der Waals surface area (Å²) in [6, 6.07) is 11.1. The maximum Gasteiger partial charge on any atom is 0.251 e. The van der Waals surface area contributed by atoms with Crippen molar-refractivity contribution in [2.75, 3.05) is 5.73 Å². The first-order valence-electron chi connectivity index (χ1n) is 5.71. The number of nitrogens with one attached hydrogen (secondary N) is 1. The molecule has 0 fully saturated rings. The minimum atomic E-state index is -0.349. The van der Waals surface area contributed by atoms with Gasteiger partial charge in [-0.25, -0.2) is 0 Å². The highest BCUT2D eigenvalue weighted by Gasteiger charge is 2.09. The molecule has 5 N–H and O–H groups in total. The number of benzene rings is 2. The van der Waals surface area contributed by atoms with Gasteiger partial charge in [0, 0.05) is 17.8 Å². The topological polar surface area (TPSA) is 95.6 Å². The molecule has 0 unspecified atom stereocenters. The average Bonchev–Trinajstić information content (AvgIpc) is 2.40. The van der Waals surface area contributed by atoms with Gasteiger partial charge < -0.3 is 21.3 Å². The van der Waals surface area contributed by atoms with Gasteiger partial charge in [-0.2, -0.15) is 0 Å². The van der Waals surface area contributed by atoms with Crippen LogP contribution in [0.4, 0.5) is 5.69 Å². The molecular weight excluding hydrogens is 244 g/mol. The van der Waals surface area contributed by atoms with E-state index in [9.17, 15) is 15.0 Å². The van der Waals surface area contributed by atoms with Crippen LogP contribution in [0.3, 0.4) is 0 Å². The normalized spacial score (nSPS) is 10.1. The number of amides is 1. The Morgan fingerprint density at radius 1 is 1.11 bits per heavy atom. The number of carbonyl (C=O) groups excluding carboxylic acids is 1. The van der Waals surface area contributed by atoms with E-state index in [1.54, 1.807) is 6.07 Å². The predicted octanol–water partition coefficient (Wildman–Crippen LogP) is 1.61. The number of hydrogen-bond acceptors (Lipinski definition) is 4. The molecule has 1 amide bonds. The fraction of sp³-hybridized carbons (Fsp3) is 0.0714. The molecule has 0 saturated heterocycles. The highest BCUT2D eigenvalue weighted by molar-refractivity contribution is 5.94. The lowest BCUT2D eigenvalue weighted by molar-refractivity contribution is 0.0950. The first kappa shape index (κ1) is 12.8. The molecule has 2 rings (SSSR count). The zero-order valence-electron chi connectivity index (χ0n) is 10.1. The van der Waals surface area contributed by atoms with Crippen LogP contribution in [0.1, 0.15) is 15.9 Å². The predicted molar refractivity (Wildman–Crippen MR) is 71.8 cm³/mol. The molecule has 2 aromatic carbocycles. The van der Waals surface area contributed by atoms with Crippen LogP contribution in [0.2, 0.25) is 0 Å². The molecule has 2 aromatic rings. The van der Waals surface area contributed by atoms with Crippen molar-refractivity contribution in [1.82, 2.24) is 5.32 Å². The molecule has 98 valence electrons. The van der Waals surface area contributed by atoms with Gasteiger partial charge in [0.1, 0.15) is 0 Å². The summed E-state index contributed by atoms with van der Waals surface area (Å²) in [5, 5.41) is 21.2. The third kappa shape index (κ3) is 2.95. The van der Waals surface area contributed by atoms with Crippen LogP contribution in [0.15, 0.2) is 42.5 Å². The Balaban J connectivity index is 2.05. The molecule has 0 aliphatic heterocycles. The summed E-state index contributed by atoms with van der Waals surface area (Å²) in [5.41, 5.74) is 7.46. The van der Waals surface area contributed by atoms with Crippen molar-refractivity contribution in [1.29, 1.82) is 0 Å². The molecule has 5 heteroatoms. The number of anilines is 1. The van der Waals surface area contributed by atoms with E-state index in [0.717, 1.165) is 5.56 Å². The van der Waals surface area contributed by atoms with Crippen molar-refractivity contribution in [3.8, 4) is 11.5 Å². The Morgan fingerprint density at radius 2 is 1.84 bits per heavy atom. The number of rotatable bonds is 3. The summed E-state index contributed by atoms with van der Waals surface area (Å²) < 4.78 is 0. The molecule has 0 spiro atoms. The third-order valence-corrected chi connectivity index (χ3v) is 2.73. The van der Waals surface area contributed by atoms with Crippen molar-refractivity contribution in [3.05, 3.63) is 53.6 Å². The van der Waals surface area contributed by atoms with Crippen molar-refractivity contribution in [2.24, 2.45) is 0 Å². The van der Waals surface area contributed by atoms with Crippen LogP contribution in [-0.4, -0.2) is 16.1 Å². The zero-order valence-corrected chi connectivity index (χ0v) is 10.1. The Morgan fingerprint density at radius 3 is 2.53 bits per heavy atom. The van der Waals surface area contributed by atoms with E-state index in [-0.39, 0.29) is 23.0 Å². The van der Waals surface area contributed by atoms with Crippen LogP contribution in [0.5, 0.6) is 11.5 Å². The minimum absolute atomic E-state index is 0.260.